The largest absolute Gasteiger partial charge is 0.450 e. The third-order valence-electron chi connectivity index (χ3n) is 6.26. The van der Waals surface area contributed by atoms with E-state index in [0.29, 0.717) is 38.3 Å². The van der Waals surface area contributed by atoms with Crippen LogP contribution in [0.4, 0.5) is 23.7 Å². The minimum absolute atomic E-state index is 0.0757. The topological polar surface area (TPSA) is 109 Å². The van der Waals surface area contributed by atoms with Gasteiger partial charge in [0, 0.05) is 23.8 Å². The number of alkyl halides is 3. The van der Waals surface area contributed by atoms with E-state index in [1.165, 1.54) is 12.1 Å². The summed E-state index contributed by atoms with van der Waals surface area (Å²) in [6.07, 6.45) is -1.32. The number of anilines is 1. The van der Waals surface area contributed by atoms with E-state index in [2.05, 4.69) is 20.8 Å². The summed E-state index contributed by atoms with van der Waals surface area (Å²) in [6, 6.07) is 12.9. The van der Waals surface area contributed by atoms with Crippen LogP contribution in [0.5, 0.6) is 0 Å². The molecule has 1 fully saturated rings. The van der Waals surface area contributed by atoms with Crippen LogP contribution in [0.3, 0.4) is 0 Å². The number of carbonyl (C=O) groups is 1. The molecule has 1 saturated carbocycles. The molecule has 1 heterocycles. The monoisotopic (exact) mass is 504 g/mol. The summed E-state index contributed by atoms with van der Waals surface area (Å²) < 4.78 is 50.9. The molecule has 0 saturated heterocycles. The number of carbonyl (C=O) groups excluding carboxylic acids is 1. The standard InChI is InChI=1S/C25H27F3N4O4/c26-25(27,28)20-11-8-18(22-31-32-24(34)36-22)14-21(20)30-19-9-6-16(7-10-19)12-13-35-23(33)29-15-17-4-2-1-3-5-17/h1-5,8,11,14,16,19,30H,6-7,9-10,12-13,15H2,(H,29,33)(H,32,34). The number of benzene rings is 2. The van der Waals surface area contributed by atoms with Crippen LogP contribution in [0.25, 0.3) is 11.5 Å². The number of ether oxygens (including phenoxy) is 1. The zero-order valence-corrected chi connectivity index (χ0v) is 19.4. The Bertz CT molecular complexity index is 1200. The van der Waals surface area contributed by atoms with Crippen molar-refractivity contribution in [3.8, 4) is 11.5 Å². The molecule has 1 amide bonds. The quantitative estimate of drug-likeness (QED) is 0.382. The highest BCUT2D eigenvalue weighted by molar-refractivity contribution is 5.67. The summed E-state index contributed by atoms with van der Waals surface area (Å²) >= 11 is 0. The molecule has 8 nitrogen and oxygen atoms in total. The van der Waals surface area contributed by atoms with Crippen molar-refractivity contribution >= 4 is 11.8 Å². The molecule has 192 valence electrons. The molecule has 1 aromatic heterocycles. The van der Waals surface area contributed by atoms with E-state index >= 15 is 0 Å². The smallest absolute Gasteiger partial charge is 0.434 e. The average Bonchev–Trinajstić information content (AvgIpc) is 3.30. The van der Waals surface area contributed by atoms with Gasteiger partial charge >= 0.3 is 18.0 Å². The third-order valence-corrected chi connectivity index (χ3v) is 6.26. The van der Waals surface area contributed by atoms with Gasteiger partial charge in [-0.15, -0.1) is 5.10 Å². The number of aromatic nitrogens is 2. The molecule has 4 rings (SSSR count). The molecule has 0 aliphatic heterocycles. The summed E-state index contributed by atoms with van der Waals surface area (Å²) in [5.41, 5.74) is 0.377. The maximum atomic E-state index is 13.6. The van der Waals surface area contributed by atoms with E-state index < -0.39 is 23.6 Å². The van der Waals surface area contributed by atoms with Crippen molar-refractivity contribution in [3.63, 3.8) is 0 Å². The minimum atomic E-state index is -4.54. The Morgan fingerprint density at radius 2 is 1.86 bits per heavy atom. The van der Waals surface area contributed by atoms with Gasteiger partial charge in [0.2, 0.25) is 5.89 Å². The van der Waals surface area contributed by atoms with Crippen molar-refractivity contribution < 1.29 is 27.1 Å². The number of alkyl carbamates (subject to hydrolysis) is 1. The van der Waals surface area contributed by atoms with E-state index in [1.807, 2.05) is 30.3 Å². The highest BCUT2D eigenvalue weighted by Gasteiger charge is 2.35. The molecule has 0 radical (unpaired) electrons. The lowest BCUT2D eigenvalue weighted by molar-refractivity contribution is -0.137. The number of aromatic amines is 1. The second kappa shape index (κ2) is 11.3. The second-order valence-corrected chi connectivity index (χ2v) is 8.80. The molecule has 11 heteroatoms. The fourth-order valence-electron chi connectivity index (χ4n) is 4.35. The third kappa shape index (κ3) is 6.89. The second-order valence-electron chi connectivity index (χ2n) is 8.80. The van der Waals surface area contributed by atoms with Crippen LogP contribution in [0.15, 0.2) is 57.7 Å². The number of hydrogen-bond donors (Lipinski definition) is 3. The zero-order chi connectivity index (χ0) is 25.5. The first-order chi connectivity index (χ1) is 17.3. The highest BCUT2D eigenvalue weighted by Crippen LogP contribution is 2.38. The lowest BCUT2D eigenvalue weighted by Gasteiger charge is -2.30. The van der Waals surface area contributed by atoms with Gasteiger partial charge in [0.25, 0.3) is 0 Å². The van der Waals surface area contributed by atoms with Gasteiger partial charge in [-0.1, -0.05) is 30.3 Å². The summed E-state index contributed by atoms with van der Waals surface area (Å²) in [7, 11) is 0. The van der Waals surface area contributed by atoms with Crippen LogP contribution < -0.4 is 16.4 Å². The van der Waals surface area contributed by atoms with Gasteiger partial charge in [0.05, 0.1) is 12.2 Å². The Morgan fingerprint density at radius 1 is 1.11 bits per heavy atom. The van der Waals surface area contributed by atoms with E-state index in [0.717, 1.165) is 24.5 Å². The van der Waals surface area contributed by atoms with E-state index in [-0.39, 0.29) is 23.2 Å². The number of halogens is 3. The molecule has 0 unspecified atom stereocenters. The average molecular weight is 505 g/mol. The normalized spacial score (nSPS) is 18.0. The molecule has 2 aromatic carbocycles. The summed E-state index contributed by atoms with van der Waals surface area (Å²) in [5.74, 6) is -0.527. The molecule has 3 aromatic rings. The SMILES string of the molecule is O=C(NCc1ccccc1)OCCC1CCC(Nc2cc(-c3n[nH]c(=O)o3)ccc2C(F)(F)F)CC1. The summed E-state index contributed by atoms with van der Waals surface area (Å²) in [4.78, 5) is 23.1. The lowest BCUT2D eigenvalue weighted by Crippen LogP contribution is -2.28. The predicted molar refractivity (Wildman–Crippen MR) is 126 cm³/mol. The molecule has 36 heavy (non-hydrogen) atoms. The fourth-order valence-corrected chi connectivity index (χ4v) is 4.35. The molecular weight excluding hydrogens is 477 g/mol. The Balaban J connectivity index is 1.26. The zero-order valence-electron chi connectivity index (χ0n) is 19.4. The van der Waals surface area contributed by atoms with E-state index in [4.69, 9.17) is 9.15 Å². The maximum absolute atomic E-state index is 13.6. The van der Waals surface area contributed by atoms with Crippen LogP contribution in [0.1, 0.15) is 43.2 Å². The minimum Gasteiger partial charge on any atom is -0.450 e. The molecule has 0 bridgehead atoms. The molecular formula is C25H27F3N4O4. The van der Waals surface area contributed by atoms with Crippen LogP contribution >= 0.6 is 0 Å². The summed E-state index contributed by atoms with van der Waals surface area (Å²) in [6.45, 7) is 0.683. The van der Waals surface area contributed by atoms with E-state index in [9.17, 15) is 22.8 Å². The van der Waals surface area contributed by atoms with Gasteiger partial charge < -0.3 is 19.8 Å². The molecule has 3 N–H and O–H groups in total. The van der Waals surface area contributed by atoms with Crippen LogP contribution in [-0.4, -0.2) is 28.9 Å². The van der Waals surface area contributed by atoms with Gasteiger partial charge in [-0.2, -0.15) is 13.2 Å². The highest BCUT2D eigenvalue weighted by atomic mass is 19.4. The molecule has 0 atom stereocenters. The van der Waals surface area contributed by atoms with Crippen molar-refractivity contribution in [1.29, 1.82) is 0 Å². The summed E-state index contributed by atoms with van der Waals surface area (Å²) in [5, 5.41) is 11.5. The van der Waals surface area contributed by atoms with Gasteiger partial charge in [0.15, 0.2) is 0 Å². The van der Waals surface area contributed by atoms with Gasteiger partial charge in [-0.05, 0) is 61.8 Å². The van der Waals surface area contributed by atoms with Gasteiger partial charge in [-0.25, -0.2) is 14.7 Å². The first kappa shape index (κ1) is 25.3. The van der Waals surface area contributed by atoms with Crippen LogP contribution in [0.2, 0.25) is 0 Å². The molecule has 1 aliphatic carbocycles. The number of hydrogen-bond acceptors (Lipinski definition) is 6. The van der Waals surface area contributed by atoms with Crippen molar-refractivity contribution in [1.82, 2.24) is 15.5 Å². The van der Waals surface area contributed by atoms with Crippen molar-refractivity contribution in [2.24, 2.45) is 5.92 Å². The number of amides is 1. The first-order valence-corrected chi connectivity index (χ1v) is 11.8. The van der Waals surface area contributed by atoms with Crippen molar-refractivity contribution in [3.05, 3.63) is 70.2 Å². The van der Waals surface area contributed by atoms with Crippen LogP contribution in [-0.2, 0) is 17.5 Å². The predicted octanol–water partition coefficient (Wildman–Crippen LogP) is 5.34. The lowest BCUT2D eigenvalue weighted by atomic mass is 9.84. The molecule has 1 aliphatic rings. The number of rotatable bonds is 8. The van der Waals surface area contributed by atoms with Gasteiger partial charge in [-0.3, -0.25) is 0 Å². The number of nitrogens with zero attached hydrogens (tertiary/aromatic N) is 1. The number of nitrogens with one attached hydrogen (secondary N) is 3. The molecule has 0 spiro atoms. The maximum Gasteiger partial charge on any atom is 0.434 e. The fraction of sp³-hybridized carbons (Fsp3) is 0.400. The Labute approximate surface area is 205 Å². The van der Waals surface area contributed by atoms with E-state index in [1.54, 1.807) is 0 Å². The van der Waals surface area contributed by atoms with Crippen LogP contribution in [0, 0.1) is 5.92 Å². The Morgan fingerprint density at radius 3 is 2.53 bits per heavy atom. The number of H-pyrrole nitrogens is 1. The first-order valence-electron chi connectivity index (χ1n) is 11.8. The van der Waals surface area contributed by atoms with Crippen molar-refractivity contribution in [2.75, 3.05) is 11.9 Å². The van der Waals surface area contributed by atoms with Gasteiger partial charge in [0.1, 0.15) is 0 Å². The Hall–Kier alpha value is -3.76. The van der Waals surface area contributed by atoms with Crippen molar-refractivity contribution in [2.45, 2.75) is 50.9 Å². The Kier molecular flexibility index (Phi) is 7.97.